The number of nitrogens with one attached hydrogen (secondary N) is 1. The zero-order chi connectivity index (χ0) is 17.2. The molecule has 132 valence electrons. The number of hydrogen-bond donors (Lipinski definition) is 2. The smallest absolute Gasteiger partial charge is 0.251 e. The highest BCUT2D eigenvalue weighted by Crippen LogP contribution is 2.28. The van der Waals surface area contributed by atoms with Crippen molar-refractivity contribution in [2.75, 3.05) is 6.61 Å². The van der Waals surface area contributed by atoms with Gasteiger partial charge in [-0.25, -0.2) is 0 Å². The fraction of sp³-hybridized carbons (Fsp3) is 0.474. The van der Waals surface area contributed by atoms with Gasteiger partial charge in [0.05, 0.1) is 25.4 Å². The molecule has 6 nitrogen and oxygen atoms in total. The summed E-state index contributed by atoms with van der Waals surface area (Å²) >= 11 is 0. The molecule has 2 heterocycles. The Morgan fingerprint density at radius 3 is 3.12 bits per heavy atom. The number of hydrogen-bond acceptors (Lipinski definition) is 4. The van der Waals surface area contributed by atoms with Crippen LogP contribution in [0.25, 0.3) is 0 Å². The van der Waals surface area contributed by atoms with Gasteiger partial charge < -0.3 is 15.2 Å². The number of fused-ring (bicyclic) bond motifs is 1. The zero-order valence-electron chi connectivity index (χ0n) is 14.1. The third kappa shape index (κ3) is 3.45. The molecular formula is C19H23N3O3. The first-order chi connectivity index (χ1) is 12.2. The van der Waals surface area contributed by atoms with Gasteiger partial charge in [0, 0.05) is 24.5 Å². The number of aromatic nitrogens is 2. The minimum atomic E-state index is -0.507. The van der Waals surface area contributed by atoms with E-state index >= 15 is 0 Å². The van der Waals surface area contributed by atoms with Crippen molar-refractivity contribution in [2.24, 2.45) is 5.92 Å². The molecule has 1 aliphatic carbocycles. The predicted octanol–water partition coefficient (Wildman–Crippen LogP) is 1.53. The van der Waals surface area contributed by atoms with E-state index in [4.69, 9.17) is 4.74 Å². The van der Waals surface area contributed by atoms with E-state index in [0.717, 1.165) is 30.5 Å². The molecule has 2 aromatic rings. The van der Waals surface area contributed by atoms with Crippen LogP contribution in [0.4, 0.5) is 0 Å². The highest BCUT2D eigenvalue weighted by molar-refractivity contribution is 5.96. The maximum atomic E-state index is 12.8. The second-order valence-electron chi connectivity index (χ2n) is 6.96. The highest BCUT2D eigenvalue weighted by atomic mass is 16.5. The lowest BCUT2D eigenvalue weighted by Gasteiger charge is -2.21. The van der Waals surface area contributed by atoms with Crippen LogP contribution in [0, 0.1) is 5.92 Å². The largest absolute Gasteiger partial charge is 0.391 e. The van der Waals surface area contributed by atoms with Gasteiger partial charge in [-0.15, -0.1) is 0 Å². The summed E-state index contributed by atoms with van der Waals surface area (Å²) in [5.41, 5.74) is 2.87. The van der Waals surface area contributed by atoms with Crippen LogP contribution in [-0.4, -0.2) is 39.5 Å². The summed E-state index contributed by atoms with van der Waals surface area (Å²) < 4.78 is 7.35. The number of amides is 1. The van der Waals surface area contributed by atoms with Crippen LogP contribution in [0.5, 0.6) is 0 Å². The molecule has 1 fully saturated rings. The Bertz CT molecular complexity index is 744. The predicted molar refractivity (Wildman–Crippen MR) is 92.0 cm³/mol. The average molecular weight is 341 g/mol. The van der Waals surface area contributed by atoms with Crippen molar-refractivity contribution in [1.82, 2.24) is 15.1 Å². The number of rotatable bonds is 4. The molecule has 25 heavy (non-hydrogen) atoms. The molecule has 3 atom stereocenters. The summed E-state index contributed by atoms with van der Waals surface area (Å²) in [4.78, 5) is 12.8. The number of ether oxygens (including phenoxy) is 1. The Hall–Kier alpha value is -2.18. The van der Waals surface area contributed by atoms with Gasteiger partial charge in [-0.1, -0.05) is 12.1 Å². The zero-order valence-corrected chi connectivity index (χ0v) is 14.1. The summed E-state index contributed by atoms with van der Waals surface area (Å²) in [6.45, 7) is 1.98. The molecule has 0 spiro atoms. The van der Waals surface area contributed by atoms with Crippen molar-refractivity contribution in [3.63, 3.8) is 0 Å². The Kier molecular flexibility index (Phi) is 4.55. The molecule has 0 saturated heterocycles. The fourth-order valence-corrected chi connectivity index (χ4v) is 3.98. The van der Waals surface area contributed by atoms with E-state index in [0.29, 0.717) is 31.1 Å². The van der Waals surface area contributed by atoms with Crippen LogP contribution < -0.4 is 5.32 Å². The van der Waals surface area contributed by atoms with Crippen molar-refractivity contribution in [2.45, 2.75) is 44.6 Å². The lowest BCUT2D eigenvalue weighted by Crippen LogP contribution is -2.40. The van der Waals surface area contributed by atoms with Gasteiger partial charge in [-0.2, -0.15) is 5.10 Å². The number of aliphatic hydroxyl groups excluding tert-OH is 1. The highest BCUT2D eigenvalue weighted by Gasteiger charge is 2.34. The van der Waals surface area contributed by atoms with Crippen LogP contribution >= 0.6 is 0 Å². The van der Waals surface area contributed by atoms with E-state index in [1.54, 1.807) is 6.20 Å². The number of carbonyl (C=O) groups excluding carboxylic acids is 1. The first-order valence-corrected chi connectivity index (χ1v) is 8.85. The first kappa shape index (κ1) is 16.3. The minimum Gasteiger partial charge on any atom is -0.391 e. The molecule has 1 amide bonds. The van der Waals surface area contributed by atoms with Crippen molar-refractivity contribution in [1.29, 1.82) is 0 Å². The van der Waals surface area contributed by atoms with E-state index in [-0.39, 0.29) is 11.9 Å². The van der Waals surface area contributed by atoms with Gasteiger partial charge in [-0.05, 0) is 48.4 Å². The van der Waals surface area contributed by atoms with Gasteiger partial charge in [-0.3, -0.25) is 9.48 Å². The van der Waals surface area contributed by atoms with Gasteiger partial charge in [0.15, 0.2) is 0 Å². The lowest BCUT2D eigenvalue weighted by molar-refractivity contribution is 0.0864. The molecule has 0 bridgehead atoms. The summed E-state index contributed by atoms with van der Waals surface area (Å²) in [5.74, 6) is 0.223. The van der Waals surface area contributed by atoms with E-state index in [2.05, 4.69) is 10.4 Å². The van der Waals surface area contributed by atoms with Crippen LogP contribution in [0.15, 0.2) is 36.7 Å². The number of carbonyl (C=O) groups is 1. The Balaban J connectivity index is 1.43. The van der Waals surface area contributed by atoms with Crippen LogP contribution in [0.3, 0.4) is 0 Å². The van der Waals surface area contributed by atoms with E-state index in [9.17, 15) is 9.90 Å². The minimum absolute atomic E-state index is 0.0949. The normalized spacial score (nSPS) is 25.6. The van der Waals surface area contributed by atoms with E-state index in [1.807, 2.05) is 35.1 Å². The molecule has 1 saturated carbocycles. The molecule has 6 heteroatoms. The van der Waals surface area contributed by atoms with Crippen LogP contribution in [0.2, 0.25) is 0 Å². The third-order valence-corrected chi connectivity index (χ3v) is 5.22. The van der Waals surface area contributed by atoms with Gasteiger partial charge >= 0.3 is 0 Å². The van der Waals surface area contributed by atoms with Crippen LogP contribution in [0.1, 0.15) is 34.3 Å². The second kappa shape index (κ2) is 6.98. The molecule has 1 unspecified atom stereocenters. The lowest BCUT2D eigenvalue weighted by atomic mass is 9.96. The quantitative estimate of drug-likeness (QED) is 0.884. The standard InChI is InChI=1S/C19H23N3O3/c23-18-10-13(11-22-7-2-6-20-22)9-17(18)21-19(24)16-4-1-3-14-12-25-8-5-15(14)16/h1-4,6-7,13,17-18,23H,5,8-12H2,(H,21,24)/t13?,17-,18-/m1/s1. The summed E-state index contributed by atoms with van der Waals surface area (Å²) in [7, 11) is 0. The van der Waals surface area contributed by atoms with E-state index in [1.165, 1.54) is 0 Å². The van der Waals surface area contributed by atoms with Gasteiger partial charge in [0.25, 0.3) is 5.91 Å². The van der Waals surface area contributed by atoms with E-state index < -0.39 is 6.10 Å². The topological polar surface area (TPSA) is 76.4 Å². The molecule has 0 radical (unpaired) electrons. The van der Waals surface area contributed by atoms with Gasteiger partial charge in [0.2, 0.25) is 0 Å². The number of nitrogens with zero attached hydrogens (tertiary/aromatic N) is 2. The maximum Gasteiger partial charge on any atom is 0.251 e. The molecule has 2 N–H and O–H groups in total. The third-order valence-electron chi connectivity index (χ3n) is 5.22. The Labute approximate surface area is 146 Å². The van der Waals surface area contributed by atoms with Crippen molar-refractivity contribution < 1.29 is 14.6 Å². The molecule has 1 aliphatic heterocycles. The Morgan fingerprint density at radius 2 is 2.28 bits per heavy atom. The molecule has 4 rings (SSSR count). The first-order valence-electron chi connectivity index (χ1n) is 8.85. The number of aliphatic hydroxyl groups is 1. The Morgan fingerprint density at radius 1 is 1.36 bits per heavy atom. The average Bonchev–Trinajstić information content (AvgIpc) is 3.25. The number of benzene rings is 1. The molecular weight excluding hydrogens is 318 g/mol. The summed E-state index contributed by atoms with van der Waals surface area (Å²) in [6, 6.07) is 7.46. The SMILES string of the molecule is O=C(N[C@@H]1CC(Cn2cccn2)C[C@H]1O)c1cccc2c1CCOC2. The monoisotopic (exact) mass is 341 g/mol. The van der Waals surface area contributed by atoms with Crippen molar-refractivity contribution in [3.05, 3.63) is 53.3 Å². The summed E-state index contributed by atoms with van der Waals surface area (Å²) in [6.07, 6.45) is 5.39. The molecule has 1 aromatic carbocycles. The van der Waals surface area contributed by atoms with Crippen molar-refractivity contribution >= 4 is 5.91 Å². The van der Waals surface area contributed by atoms with Crippen LogP contribution in [-0.2, 0) is 24.3 Å². The summed E-state index contributed by atoms with van der Waals surface area (Å²) in [5, 5.41) is 17.6. The van der Waals surface area contributed by atoms with Crippen molar-refractivity contribution in [3.8, 4) is 0 Å². The molecule has 1 aromatic heterocycles. The fourth-order valence-electron chi connectivity index (χ4n) is 3.98. The maximum absolute atomic E-state index is 12.8. The second-order valence-corrected chi connectivity index (χ2v) is 6.96. The van der Waals surface area contributed by atoms with Gasteiger partial charge in [0.1, 0.15) is 0 Å². The molecule has 2 aliphatic rings.